The summed E-state index contributed by atoms with van der Waals surface area (Å²) in [6, 6.07) is 21.8. The highest BCUT2D eigenvalue weighted by atomic mass is 32.2. The van der Waals surface area contributed by atoms with E-state index >= 15 is 0 Å². The van der Waals surface area contributed by atoms with E-state index in [1.165, 1.54) is 20.6 Å². The zero-order valence-electron chi connectivity index (χ0n) is 16.0. The van der Waals surface area contributed by atoms with Crippen LogP contribution in [0.4, 0.5) is 0 Å². The molecule has 0 atom stereocenters. The summed E-state index contributed by atoms with van der Waals surface area (Å²) in [6.45, 7) is 5.18. The smallest absolute Gasteiger partial charge is 0.243 e. The number of nitrogens with zero attached hydrogens (tertiary/aromatic N) is 1. The Morgan fingerprint density at radius 2 is 1.44 bits per heavy atom. The van der Waals surface area contributed by atoms with Crippen LogP contribution in [0.5, 0.6) is 0 Å². The molecule has 1 N–H and O–H groups in total. The molecule has 0 radical (unpaired) electrons. The number of sulfonamides is 1. The Morgan fingerprint density at radius 1 is 0.852 bits per heavy atom. The van der Waals surface area contributed by atoms with Gasteiger partial charge in [-0.05, 0) is 53.9 Å². The Balaban J connectivity index is 1.61. The first kappa shape index (κ1) is 19.5. The summed E-state index contributed by atoms with van der Waals surface area (Å²) in [6.07, 6.45) is 0. The second-order valence-electron chi connectivity index (χ2n) is 7.04. The largest absolute Gasteiger partial charge is 0.309 e. The molecule has 0 unspecified atom stereocenters. The van der Waals surface area contributed by atoms with Crippen molar-refractivity contribution in [2.45, 2.75) is 37.9 Å². The highest BCUT2D eigenvalue weighted by Gasteiger charge is 2.22. The first-order valence-corrected chi connectivity index (χ1v) is 10.6. The molecule has 0 fully saturated rings. The Morgan fingerprint density at radius 3 is 2.11 bits per heavy atom. The fourth-order valence-corrected chi connectivity index (χ4v) is 4.29. The number of hydrogen-bond acceptors (Lipinski definition) is 3. The molecule has 4 nitrogen and oxygen atoms in total. The summed E-state index contributed by atoms with van der Waals surface area (Å²) in [4.78, 5) is 0.331. The molecule has 142 valence electrons. The lowest BCUT2D eigenvalue weighted by Crippen LogP contribution is -2.33. The molecule has 3 rings (SSSR count). The molecule has 0 amide bonds. The molecular formula is C22H26N2O2S. The molecule has 0 aliphatic heterocycles. The maximum Gasteiger partial charge on any atom is 0.243 e. The third-order valence-corrected chi connectivity index (χ3v) is 6.85. The van der Waals surface area contributed by atoms with Gasteiger partial charge in [0.25, 0.3) is 0 Å². The highest BCUT2D eigenvalue weighted by molar-refractivity contribution is 7.89. The molecule has 0 aromatic heterocycles. The lowest BCUT2D eigenvalue weighted by molar-refractivity contribution is 0.410. The molecule has 0 spiro atoms. The van der Waals surface area contributed by atoms with Crippen molar-refractivity contribution in [3.8, 4) is 0 Å². The van der Waals surface area contributed by atoms with Crippen LogP contribution >= 0.6 is 0 Å². The fraction of sp³-hybridized carbons (Fsp3) is 0.273. The van der Waals surface area contributed by atoms with Gasteiger partial charge in [-0.2, -0.15) is 4.31 Å². The van der Waals surface area contributed by atoms with Crippen LogP contribution in [-0.2, 0) is 23.1 Å². The van der Waals surface area contributed by atoms with E-state index in [1.54, 1.807) is 19.2 Å². The van der Waals surface area contributed by atoms with Gasteiger partial charge in [0.15, 0.2) is 0 Å². The predicted molar refractivity (Wildman–Crippen MR) is 111 cm³/mol. The van der Waals surface area contributed by atoms with Gasteiger partial charge in [-0.15, -0.1) is 0 Å². The van der Waals surface area contributed by atoms with Crippen molar-refractivity contribution < 1.29 is 8.42 Å². The lowest BCUT2D eigenvalue weighted by atomic mass is 10.1. The van der Waals surface area contributed by atoms with Crippen molar-refractivity contribution in [3.63, 3.8) is 0 Å². The van der Waals surface area contributed by atoms with Gasteiger partial charge >= 0.3 is 0 Å². The van der Waals surface area contributed by atoms with Crippen molar-refractivity contribution in [1.82, 2.24) is 9.62 Å². The average Bonchev–Trinajstić information content (AvgIpc) is 2.67. The standard InChI is InChI=1S/C22H26N2O2S/c1-17(2)24(3)27(25,26)22-12-9-18(10-13-22)15-23-16-19-8-11-20-6-4-5-7-21(20)14-19/h4-14,17,23H,15-16H2,1-3H3. The first-order valence-electron chi connectivity index (χ1n) is 9.13. The summed E-state index contributed by atoms with van der Waals surface area (Å²) in [5.74, 6) is 0. The topological polar surface area (TPSA) is 49.4 Å². The quantitative estimate of drug-likeness (QED) is 0.668. The lowest BCUT2D eigenvalue weighted by Gasteiger charge is -2.21. The van der Waals surface area contributed by atoms with Gasteiger partial charge < -0.3 is 5.32 Å². The number of benzene rings is 3. The van der Waals surface area contributed by atoms with Gasteiger partial charge in [-0.25, -0.2) is 8.42 Å². The molecule has 0 aliphatic carbocycles. The minimum Gasteiger partial charge on any atom is -0.309 e. The van der Waals surface area contributed by atoms with Crippen molar-refractivity contribution >= 4 is 20.8 Å². The molecule has 3 aromatic rings. The van der Waals surface area contributed by atoms with Crippen molar-refractivity contribution in [2.75, 3.05) is 7.05 Å². The van der Waals surface area contributed by atoms with E-state index in [0.29, 0.717) is 11.4 Å². The molecule has 0 bridgehead atoms. The minimum absolute atomic E-state index is 0.0710. The Bertz CT molecular complexity index is 1010. The number of rotatable bonds is 7. The second-order valence-corrected chi connectivity index (χ2v) is 9.04. The molecule has 0 saturated heterocycles. The first-order chi connectivity index (χ1) is 12.9. The number of hydrogen-bond donors (Lipinski definition) is 1. The normalized spacial score (nSPS) is 12.2. The van der Waals surface area contributed by atoms with Crippen molar-refractivity contribution in [2.24, 2.45) is 0 Å². The highest BCUT2D eigenvalue weighted by Crippen LogP contribution is 2.18. The molecule has 27 heavy (non-hydrogen) atoms. The van der Waals surface area contributed by atoms with E-state index in [4.69, 9.17) is 0 Å². The Kier molecular flexibility index (Phi) is 5.95. The van der Waals surface area contributed by atoms with Crippen LogP contribution in [0, 0.1) is 0 Å². The van der Waals surface area contributed by atoms with Gasteiger partial charge in [-0.1, -0.05) is 48.5 Å². The van der Waals surface area contributed by atoms with E-state index in [2.05, 4.69) is 35.6 Å². The zero-order valence-corrected chi connectivity index (χ0v) is 16.8. The molecule has 0 heterocycles. The maximum absolute atomic E-state index is 12.5. The van der Waals surface area contributed by atoms with Gasteiger partial charge in [0.2, 0.25) is 10.0 Å². The van der Waals surface area contributed by atoms with Gasteiger partial charge in [0.05, 0.1) is 4.90 Å². The minimum atomic E-state index is -3.43. The van der Waals surface area contributed by atoms with Crippen LogP contribution in [0.15, 0.2) is 71.6 Å². The van der Waals surface area contributed by atoms with E-state index in [0.717, 1.165) is 12.1 Å². The molecule has 0 saturated carbocycles. The van der Waals surface area contributed by atoms with Crippen LogP contribution in [0.1, 0.15) is 25.0 Å². The summed E-state index contributed by atoms with van der Waals surface area (Å²) in [5, 5.41) is 5.90. The van der Waals surface area contributed by atoms with Crippen LogP contribution in [0.3, 0.4) is 0 Å². The Labute approximate surface area is 161 Å². The maximum atomic E-state index is 12.5. The molecule has 0 aliphatic rings. The second kappa shape index (κ2) is 8.21. The summed E-state index contributed by atoms with van der Waals surface area (Å²) >= 11 is 0. The van der Waals surface area contributed by atoms with E-state index in [9.17, 15) is 8.42 Å². The summed E-state index contributed by atoms with van der Waals surface area (Å²) in [7, 11) is -1.82. The van der Waals surface area contributed by atoms with Gasteiger partial charge in [-0.3, -0.25) is 0 Å². The van der Waals surface area contributed by atoms with Crippen molar-refractivity contribution in [1.29, 1.82) is 0 Å². The Hall–Kier alpha value is -2.21. The van der Waals surface area contributed by atoms with E-state index in [-0.39, 0.29) is 6.04 Å². The van der Waals surface area contributed by atoms with E-state index < -0.39 is 10.0 Å². The van der Waals surface area contributed by atoms with Crippen LogP contribution in [-0.4, -0.2) is 25.8 Å². The van der Waals surface area contributed by atoms with Gasteiger partial charge in [0, 0.05) is 26.2 Å². The SMILES string of the molecule is CC(C)N(C)S(=O)(=O)c1ccc(CNCc2ccc3ccccc3c2)cc1. The summed E-state index contributed by atoms with van der Waals surface area (Å²) in [5.41, 5.74) is 2.29. The van der Waals surface area contributed by atoms with Crippen LogP contribution in [0.2, 0.25) is 0 Å². The van der Waals surface area contributed by atoms with Crippen LogP contribution < -0.4 is 5.32 Å². The number of nitrogens with one attached hydrogen (secondary N) is 1. The van der Waals surface area contributed by atoms with Crippen molar-refractivity contribution in [3.05, 3.63) is 77.9 Å². The third kappa shape index (κ3) is 4.56. The third-order valence-electron chi connectivity index (χ3n) is 4.80. The van der Waals surface area contributed by atoms with Crippen LogP contribution in [0.25, 0.3) is 10.8 Å². The number of fused-ring (bicyclic) bond motifs is 1. The van der Waals surface area contributed by atoms with E-state index in [1.807, 2.05) is 38.1 Å². The fourth-order valence-electron chi connectivity index (χ4n) is 2.92. The predicted octanol–water partition coefficient (Wildman–Crippen LogP) is 4.16. The average molecular weight is 383 g/mol. The molecular weight excluding hydrogens is 356 g/mol. The molecule has 5 heteroatoms. The van der Waals surface area contributed by atoms with Gasteiger partial charge in [0.1, 0.15) is 0 Å². The summed E-state index contributed by atoms with van der Waals surface area (Å²) < 4.78 is 26.4. The monoisotopic (exact) mass is 382 g/mol. The zero-order chi connectivity index (χ0) is 19.4. The molecule has 3 aromatic carbocycles.